The molecule has 1 spiro atoms. The summed E-state index contributed by atoms with van der Waals surface area (Å²) in [4.78, 5) is 39.0. The molecular formula is C22H29N3O5. The van der Waals surface area contributed by atoms with E-state index in [0.717, 1.165) is 37.8 Å². The lowest BCUT2D eigenvalue weighted by Crippen LogP contribution is -2.59. The van der Waals surface area contributed by atoms with Crippen molar-refractivity contribution in [1.29, 1.82) is 0 Å². The number of amides is 2. The summed E-state index contributed by atoms with van der Waals surface area (Å²) in [5.74, 6) is -1.19. The number of carbonyl (C=O) groups is 3. The fourth-order valence-electron chi connectivity index (χ4n) is 4.94. The predicted molar refractivity (Wildman–Crippen MR) is 108 cm³/mol. The van der Waals surface area contributed by atoms with Crippen molar-refractivity contribution in [3.8, 4) is 0 Å². The number of hydroxylamine groups is 1. The number of rotatable bonds is 4. The Balaban J connectivity index is 1.39. The summed E-state index contributed by atoms with van der Waals surface area (Å²) in [6, 6.07) is 6.88. The van der Waals surface area contributed by atoms with Crippen molar-refractivity contribution in [2.75, 3.05) is 26.7 Å². The van der Waals surface area contributed by atoms with Crippen molar-refractivity contribution < 1.29 is 24.3 Å². The highest BCUT2D eigenvalue weighted by atomic mass is 16.5. The number of esters is 1. The van der Waals surface area contributed by atoms with E-state index in [1.54, 1.807) is 11.5 Å². The summed E-state index contributed by atoms with van der Waals surface area (Å²) in [6.45, 7) is 1.95. The van der Waals surface area contributed by atoms with Crippen LogP contribution in [0.15, 0.2) is 24.3 Å². The molecule has 1 aromatic carbocycles. The molecule has 1 saturated carbocycles. The SMILES string of the molecule is COC(=O)c1cccc(C2CCN(C(=O)C3NCC4(CC4)CC3C(=O)NO)CC2)c1. The van der Waals surface area contributed by atoms with Crippen LogP contribution < -0.4 is 10.8 Å². The van der Waals surface area contributed by atoms with Gasteiger partial charge in [-0.1, -0.05) is 12.1 Å². The molecule has 8 heteroatoms. The third-order valence-electron chi connectivity index (χ3n) is 7.01. The van der Waals surface area contributed by atoms with Crippen molar-refractivity contribution in [2.24, 2.45) is 11.3 Å². The molecule has 2 amide bonds. The maximum absolute atomic E-state index is 13.2. The number of carbonyl (C=O) groups excluding carboxylic acids is 3. The Morgan fingerprint density at radius 1 is 1.23 bits per heavy atom. The molecule has 2 heterocycles. The van der Waals surface area contributed by atoms with Crippen LogP contribution in [-0.2, 0) is 14.3 Å². The van der Waals surface area contributed by atoms with Crippen LogP contribution in [0.3, 0.4) is 0 Å². The van der Waals surface area contributed by atoms with Crippen LogP contribution in [0.5, 0.6) is 0 Å². The quantitative estimate of drug-likeness (QED) is 0.390. The minimum atomic E-state index is -0.595. The fourth-order valence-corrected chi connectivity index (χ4v) is 4.94. The summed E-state index contributed by atoms with van der Waals surface area (Å²) in [7, 11) is 1.37. The topological polar surface area (TPSA) is 108 Å². The van der Waals surface area contributed by atoms with E-state index in [1.165, 1.54) is 7.11 Å². The number of ether oxygens (including phenoxy) is 1. The number of nitrogens with one attached hydrogen (secondary N) is 2. The first-order valence-electron chi connectivity index (χ1n) is 10.6. The van der Waals surface area contributed by atoms with E-state index in [9.17, 15) is 14.4 Å². The highest BCUT2D eigenvalue weighted by Gasteiger charge is 2.52. The average Bonchev–Trinajstić information content (AvgIpc) is 3.56. The molecule has 2 saturated heterocycles. The Morgan fingerprint density at radius 3 is 2.60 bits per heavy atom. The van der Waals surface area contributed by atoms with Crippen LogP contribution in [0, 0.1) is 11.3 Å². The van der Waals surface area contributed by atoms with Crippen LogP contribution in [0.4, 0.5) is 0 Å². The van der Waals surface area contributed by atoms with Crippen molar-refractivity contribution in [3.63, 3.8) is 0 Å². The lowest BCUT2D eigenvalue weighted by atomic mass is 9.81. The Kier molecular flexibility index (Phi) is 5.79. The summed E-state index contributed by atoms with van der Waals surface area (Å²) < 4.78 is 4.80. The highest BCUT2D eigenvalue weighted by Crippen LogP contribution is 2.52. The average molecular weight is 415 g/mol. The van der Waals surface area contributed by atoms with Gasteiger partial charge in [-0.05, 0) is 61.1 Å². The maximum atomic E-state index is 13.2. The van der Waals surface area contributed by atoms with E-state index in [4.69, 9.17) is 9.94 Å². The van der Waals surface area contributed by atoms with Crippen molar-refractivity contribution in [1.82, 2.24) is 15.7 Å². The standard InChI is InChI=1S/C22H29N3O5/c1-30-21(28)16-4-2-3-15(11-16)14-5-9-25(10-6-14)20(27)18-17(19(26)24-29)12-22(7-8-22)13-23-18/h2-4,11,14,17-18,23,29H,5-10,12-13H2,1H3,(H,24,26). The normalized spacial score (nSPS) is 25.6. The van der Waals surface area contributed by atoms with Crippen molar-refractivity contribution in [2.45, 2.75) is 44.1 Å². The molecule has 30 heavy (non-hydrogen) atoms. The molecule has 0 aromatic heterocycles. The van der Waals surface area contributed by atoms with Gasteiger partial charge in [0.2, 0.25) is 11.8 Å². The van der Waals surface area contributed by atoms with E-state index < -0.39 is 17.9 Å². The van der Waals surface area contributed by atoms with Gasteiger partial charge in [0.25, 0.3) is 0 Å². The lowest BCUT2D eigenvalue weighted by molar-refractivity contribution is -0.145. The number of hydrogen-bond donors (Lipinski definition) is 3. The molecule has 2 aliphatic heterocycles. The predicted octanol–water partition coefficient (Wildman–Crippen LogP) is 1.44. The second-order valence-corrected chi connectivity index (χ2v) is 8.86. The third kappa shape index (κ3) is 4.06. The molecule has 2 unspecified atom stereocenters. The van der Waals surface area contributed by atoms with E-state index in [-0.39, 0.29) is 23.2 Å². The smallest absolute Gasteiger partial charge is 0.337 e. The zero-order valence-electron chi connectivity index (χ0n) is 17.2. The van der Waals surface area contributed by atoms with Crippen molar-refractivity contribution in [3.05, 3.63) is 35.4 Å². The molecular weight excluding hydrogens is 386 g/mol. The van der Waals surface area contributed by atoms with Gasteiger partial charge in [0.05, 0.1) is 24.6 Å². The van der Waals surface area contributed by atoms with Crippen LogP contribution in [-0.4, -0.2) is 60.7 Å². The van der Waals surface area contributed by atoms with Crippen LogP contribution >= 0.6 is 0 Å². The van der Waals surface area contributed by atoms with Gasteiger partial charge in [-0.15, -0.1) is 0 Å². The molecule has 3 aliphatic rings. The van der Waals surface area contributed by atoms with E-state index in [2.05, 4.69) is 5.32 Å². The van der Waals surface area contributed by atoms with E-state index in [0.29, 0.717) is 25.1 Å². The Bertz CT molecular complexity index is 830. The number of benzene rings is 1. The second kappa shape index (κ2) is 8.35. The number of likely N-dealkylation sites (tertiary alicyclic amines) is 1. The van der Waals surface area contributed by atoms with Gasteiger partial charge in [0.1, 0.15) is 0 Å². The molecule has 0 radical (unpaired) electrons. The molecule has 3 fully saturated rings. The number of methoxy groups -OCH3 is 1. The first kappa shape index (κ1) is 20.8. The summed E-state index contributed by atoms with van der Waals surface area (Å²) in [5.41, 5.74) is 3.48. The van der Waals surface area contributed by atoms with Crippen LogP contribution in [0.2, 0.25) is 0 Å². The van der Waals surface area contributed by atoms with Gasteiger partial charge in [0.15, 0.2) is 0 Å². The molecule has 162 valence electrons. The lowest BCUT2D eigenvalue weighted by Gasteiger charge is -2.40. The monoisotopic (exact) mass is 415 g/mol. The van der Waals surface area contributed by atoms with Gasteiger partial charge in [-0.2, -0.15) is 0 Å². The Labute approximate surface area is 175 Å². The zero-order chi connectivity index (χ0) is 21.3. The van der Waals surface area contributed by atoms with E-state index >= 15 is 0 Å². The Hall–Kier alpha value is -2.45. The number of hydrogen-bond acceptors (Lipinski definition) is 6. The van der Waals surface area contributed by atoms with Crippen molar-refractivity contribution >= 4 is 17.8 Å². The zero-order valence-corrected chi connectivity index (χ0v) is 17.2. The molecule has 2 atom stereocenters. The molecule has 4 rings (SSSR count). The van der Waals surface area contributed by atoms with E-state index in [1.807, 2.05) is 23.1 Å². The van der Waals surface area contributed by atoms with Gasteiger partial charge >= 0.3 is 5.97 Å². The first-order chi connectivity index (χ1) is 14.5. The Morgan fingerprint density at radius 2 is 1.97 bits per heavy atom. The molecule has 8 nitrogen and oxygen atoms in total. The largest absolute Gasteiger partial charge is 0.465 e. The molecule has 3 N–H and O–H groups in total. The fraction of sp³-hybridized carbons (Fsp3) is 0.591. The second-order valence-electron chi connectivity index (χ2n) is 8.86. The third-order valence-corrected chi connectivity index (χ3v) is 7.01. The van der Waals surface area contributed by atoms with Crippen LogP contribution in [0.1, 0.15) is 53.9 Å². The maximum Gasteiger partial charge on any atom is 0.337 e. The number of nitrogens with zero attached hydrogens (tertiary/aromatic N) is 1. The van der Waals surface area contributed by atoms with Gasteiger partial charge < -0.3 is 15.0 Å². The first-order valence-corrected chi connectivity index (χ1v) is 10.6. The minimum absolute atomic E-state index is 0.0686. The minimum Gasteiger partial charge on any atom is -0.465 e. The molecule has 1 aromatic rings. The number of piperidine rings is 2. The summed E-state index contributed by atoms with van der Waals surface area (Å²) in [5, 5.41) is 12.4. The van der Waals surface area contributed by atoms with Gasteiger partial charge in [-0.25, -0.2) is 10.3 Å². The van der Waals surface area contributed by atoms with Crippen LogP contribution in [0.25, 0.3) is 0 Å². The summed E-state index contributed by atoms with van der Waals surface area (Å²) >= 11 is 0. The highest BCUT2D eigenvalue weighted by molar-refractivity contribution is 5.90. The van der Waals surface area contributed by atoms with Gasteiger partial charge in [-0.3, -0.25) is 14.8 Å². The van der Waals surface area contributed by atoms with Gasteiger partial charge in [0, 0.05) is 19.6 Å². The molecule has 1 aliphatic carbocycles. The summed E-state index contributed by atoms with van der Waals surface area (Å²) in [6.07, 6.45) is 4.35. The molecule has 0 bridgehead atoms.